The zero-order valence-electron chi connectivity index (χ0n) is 13.1. The van der Waals surface area contributed by atoms with Gasteiger partial charge >= 0.3 is 17.9 Å². The zero-order valence-corrected chi connectivity index (χ0v) is 14.1. The minimum atomic E-state index is -2.06. The average Bonchev–Trinajstić information content (AvgIpc) is 2.47. The molecule has 0 heterocycles. The SMILES string of the molecule is CC/C(=C/C(=O)O)C(=O)OCC(=O)O[Si](CC)(CC)CC. The predicted octanol–water partition coefficient (Wildman–Crippen LogP) is 2.50. The minimum absolute atomic E-state index is 0.0142. The lowest BCUT2D eigenvalue weighted by Gasteiger charge is -2.27. The molecule has 0 rings (SSSR count). The number of hydrogen-bond donors (Lipinski definition) is 1. The first kappa shape index (κ1) is 19.4. The van der Waals surface area contributed by atoms with Crippen molar-refractivity contribution in [3.05, 3.63) is 11.6 Å². The van der Waals surface area contributed by atoms with Gasteiger partial charge < -0.3 is 14.3 Å². The highest BCUT2D eigenvalue weighted by atomic mass is 28.4. The molecule has 0 bridgehead atoms. The summed E-state index contributed by atoms with van der Waals surface area (Å²) in [6.07, 6.45) is 1.01. The number of rotatable bonds is 9. The van der Waals surface area contributed by atoms with E-state index in [2.05, 4.69) is 0 Å². The Balaban J connectivity index is 4.55. The van der Waals surface area contributed by atoms with Gasteiger partial charge in [0, 0.05) is 11.6 Å². The summed E-state index contributed by atoms with van der Waals surface area (Å²) in [6, 6.07) is 2.45. The van der Waals surface area contributed by atoms with Gasteiger partial charge in [0.25, 0.3) is 8.32 Å². The van der Waals surface area contributed by atoms with E-state index >= 15 is 0 Å². The molecule has 0 amide bonds. The molecule has 0 aliphatic rings. The molecule has 21 heavy (non-hydrogen) atoms. The van der Waals surface area contributed by atoms with Crippen molar-refractivity contribution < 1.29 is 28.7 Å². The van der Waals surface area contributed by atoms with E-state index in [0.29, 0.717) is 0 Å². The third-order valence-electron chi connectivity index (χ3n) is 3.53. The standard InChI is InChI=1S/C14H24O6Si/c1-5-11(9-12(15)16)14(18)19-10-13(17)20-21(6-2,7-3)8-4/h9H,5-8,10H2,1-4H3,(H,15,16)/b11-9-. The highest BCUT2D eigenvalue weighted by Crippen LogP contribution is 2.21. The first-order valence-electron chi connectivity index (χ1n) is 7.16. The van der Waals surface area contributed by atoms with Gasteiger partial charge in [0.05, 0.1) is 0 Å². The monoisotopic (exact) mass is 316 g/mol. The molecule has 7 heteroatoms. The Morgan fingerprint density at radius 1 is 1.05 bits per heavy atom. The second-order valence-electron chi connectivity index (χ2n) is 4.66. The summed E-state index contributed by atoms with van der Waals surface area (Å²) in [5.74, 6) is -2.58. The molecule has 0 saturated heterocycles. The Kier molecular flexibility index (Phi) is 8.60. The van der Waals surface area contributed by atoms with E-state index in [1.807, 2.05) is 20.8 Å². The summed E-state index contributed by atoms with van der Waals surface area (Å²) < 4.78 is 10.3. The molecule has 0 spiro atoms. The van der Waals surface area contributed by atoms with Crippen molar-refractivity contribution >= 4 is 26.2 Å². The van der Waals surface area contributed by atoms with Crippen molar-refractivity contribution in [2.45, 2.75) is 52.2 Å². The molecule has 0 aliphatic carbocycles. The summed E-state index contributed by atoms with van der Waals surface area (Å²) in [7, 11) is -2.06. The molecule has 1 N–H and O–H groups in total. The van der Waals surface area contributed by atoms with Crippen molar-refractivity contribution in [1.29, 1.82) is 0 Å². The van der Waals surface area contributed by atoms with Gasteiger partial charge in [-0.1, -0.05) is 27.7 Å². The summed E-state index contributed by atoms with van der Waals surface area (Å²) >= 11 is 0. The fraction of sp³-hybridized carbons (Fsp3) is 0.643. The Morgan fingerprint density at radius 3 is 1.95 bits per heavy atom. The molecular formula is C14H24O6Si. The van der Waals surface area contributed by atoms with Crippen molar-refractivity contribution in [2.24, 2.45) is 0 Å². The summed E-state index contributed by atoms with van der Waals surface area (Å²) in [5, 5.41) is 8.62. The smallest absolute Gasteiger partial charge is 0.334 e. The van der Waals surface area contributed by atoms with Crippen molar-refractivity contribution in [1.82, 2.24) is 0 Å². The van der Waals surface area contributed by atoms with Gasteiger partial charge in [-0.15, -0.1) is 0 Å². The summed E-state index contributed by atoms with van der Waals surface area (Å²) in [6.45, 7) is 7.12. The number of carboxylic acids is 1. The first-order valence-corrected chi connectivity index (χ1v) is 9.69. The second kappa shape index (κ2) is 9.33. The quantitative estimate of drug-likeness (QED) is 0.399. The van der Waals surface area contributed by atoms with Crippen LogP contribution in [0.3, 0.4) is 0 Å². The Bertz CT molecular complexity index is 403. The van der Waals surface area contributed by atoms with Gasteiger partial charge in [-0.3, -0.25) is 0 Å². The van der Waals surface area contributed by atoms with Crippen molar-refractivity contribution in [3.63, 3.8) is 0 Å². The fourth-order valence-electron chi connectivity index (χ4n) is 1.91. The summed E-state index contributed by atoms with van der Waals surface area (Å²) in [4.78, 5) is 34.0. The van der Waals surface area contributed by atoms with E-state index in [1.54, 1.807) is 6.92 Å². The molecule has 0 fully saturated rings. The fourth-order valence-corrected chi connectivity index (χ4v) is 4.38. The number of carboxylic acid groups (broad SMARTS) is 1. The van der Waals surface area contributed by atoms with E-state index in [1.165, 1.54) is 0 Å². The van der Waals surface area contributed by atoms with Crippen LogP contribution in [0.1, 0.15) is 34.1 Å². The lowest BCUT2D eigenvalue weighted by Crippen LogP contribution is -2.39. The third-order valence-corrected chi connectivity index (χ3v) is 8.05. The van der Waals surface area contributed by atoms with Crippen molar-refractivity contribution in [2.75, 3.05) is 6.61 Å². The maximum atomic E-state index is 11.8. The molecule has 0 unspecified atom stereocenters. The van der Waals surface area contributed by atoms with Gasteiger partial charge in [-0.25, -0.2) is 14.4 Å². The van der Waals surface area contributed by atoms with Crippen LogP contribution in [-0.2, 0) is 23.5 Å². The summed E-state index contributed by atoms with van der Waals surface area (Å²) in [5.41, 5.74) is 0.0142. The normalized spacial score (nSPS) is 11.9. The van der Waals surface area contributed by atoms with E-state index < -0.39 is 32.8 Å². The Morgan fingerprint density at radius 2 is 1.57 bits per heavy atom. The highest BCUT2D eigenvalue weighted by molar-refractivity contribution is 6.74. The maximum Gasteiger partial charge on any atom is 0.334 e. The van der Waals surface area contributed by atoms with Gasteiger partial charge in [0.15, 0.2) is 6.61 Å². The molecule has 6 nitrogen and oxygen atoms in total. The third kappa shape index (κ3) is 6.57. The highest BCUT2D eigenvalue weighted by Gasteiger charge is 2.33. The molecule has 120 valence electrons. The topological polar surface area (TPSA) is 89.9 Å². The molecule has 0 aliphatic heterocycles. The molecule has 0 aromatic carbocycles. The lowest BCUT2D eigenvalue weighted by molar-refractivity contribution is -0.151. The average molecular weight is 316 g/mol. The van der Waals surface area contributed by atoms with Gasteiger partial charge in [-0.2, -0.15) is 0 Å². The Hall–Kier alpha value is -1.63. The first-order chi connectivity index (χ1) is 9.83. The van der Waals surface area contributed by atoms with Crippen molar-refractivity contribution in [3.8, 4) is 0 Å². The van der Waals surface area contributed by atoms with Crippen LogP contribution in [0.5, 0.6) is 0 Å². The van der Waals surface area contributed by atoms with E-state index in [-0.39, 0.29) is 12.0 Å². The second-order valence-corrected chi connectivity index (χ2v) is 9.35. The molecule has 0 atom stereocenters. The lowest BCUT2D eigenvalue weighted by atomic mass is 10.2. The number of aliphatic carboxylic acids is 1. The van der Waals surface area contributed by atoms with Crippen LogP contribution in [-0.4, -0.2) is 37.9 Å². The van der Waals surface area contributed by atoms with Crippen LogP contribution in [0.4, 0.5) is 0 Å². The number of hydrogen-bond acceptors (Lipinski definition) is 5. The molecule has 0 aromatic heterocycles. The number of carbonyl (C=O) groups excluding carboxylic acids is 2. The van der Waals surface area contributed by atoms with Crippen LogP contribution in [0, 0.1) is 0 Å². The zero-order chi connectivity index (χ0) is 16.5. The van der Waals surface area contributed by atoms with E-state index in [4.69, 9.17) is 14.3 Å². The number of ether oxygens (including phenoxy) is 1. The number of carbonyl (C=O) groups is 3. The molecule has 0 saturated carbocycles. The molecular weight excluding hydrogens is 292 g/mol. The molecule has 0 radical (unpaired) electrons. The largest absolute Gasteiger partial charge is 0.517 e. The van der Waals surface area contributed by atoms with Crippen LogP contribution in [0.15, 0.2) is 11.6 Å². The predicted molar refractivity (Wildman–Crippen MR) is 80.3 cm³/mol. The van der Waals surface area contributed by atoms with Gasteiger partial charge in [0.2, 0.25) is 0 Å². The van der Waals surface area contributed by atoms with Crippen LogP contribution < -0.4 is 0 Å². The molecule has 0 aromatic rings. The van der Waals surface area contributed by atoms with E-state index in [9.17, 15) is 14.4 Å². The van der Waals surface area contributed by atoms with Crippen LogP contribution in [0.2, 0.25) is 18.1 Å². The van der Waals surface area contributed by atoms with Gasteiger partial charge in [-0.05, 0) is 24.6 Å². The minimum Gasteiger partial charge on any atom is -0.517 e. The van der Waals surface area contributed by atoms with Gasteiger partial charge in [0.1, 0.15) is 0 Å². The Labute approximate surface area is 126 Å². The number of esters is 1. The van der Waals surface area contributed by atoms with Crippen LogP contribution >= 0.6 is 0 Å². The van der Waals surface area contributed by atoms with Crippen LogP contribution in [0.25, 0.3) is 0 Å². The maximum absolute atomic E-state index is 11.8. The van der Waals surface area contributed by atoms with E-state index in [0.717, 1.165) is 24.2 Å².